The van der Waals surface area contributed by atoms with Gasteiger partial charge in [-0.1, -0.05) is 0 Å². The fraction of sp³-hybridized carbons (Fsp3) is 0.111. The van der Waals surface area contributed by atoms with Crippen LogP contribution in [0.4, 0.5) is 5.69 Å². The molecule has 0 radical (unpaired) electrons. The van der Waals surface area contributed by atoms with E-state index in [0.29, 0.717) is 0 Å². The number of hydrogen-bond acceptors (Lipinski definition) is 3. The average Bonchev–Trinajstić information content (AvgIpc) is 2.59. The molecule has 1 heterocycles. The van der Waals surface area contributed by atoms with Gasteiger partial charge in [0.05, 0.1) is 10.4 Å². The largest absolute Gasteiger partial charge is 0.376 e. The molecular weight excluding hydrogens is 184 g/mol. The number of nitro groups is 1. The van der Waals surface area contributed by atoms with E-state index in [2.05, 4.69) is 0 Å². The number of non-ortho nitro benzene ring substituents is 1. The summed E-state index contributed by atoms with van der Waals surface area (Å²) in [6.45, 7) is -0.124. The third-order valence-electron chi connectivity index (χ3n) is 2.12. The number of nitro benzene ring substituents is 1. The Balaban J connectivity index is 2.63. The van der Waals surface area contributed by atoms with E-state index in [1.54, 1.807) is 22.9 Å². The molecule has 1 aromatic heterocycles. The highest BCUT2D eigenvalue weighted by Crippen LogP contribution is 2.21. The van der Waals surface area contributed by atoms with Crippen molar-refractivity contribution in [3.05, 3.63) is 40.6 Å². The third kappa shape index (κ3) is 1.23. The Morgan fingerprint density at radius 2 is 2.21 bits per heavy atom. The lowest BCUT2D eigenvalue weighted by Crippen LogP contribution is -1.93. The summed E-state index contributed by atoms with van der Waals surface area (Å²) in [5.74, 6) is 0. The van der Waals surface area contributed by atoms with E-state index in [-0.39, 0.29) is 12.4 Å². The van der Waals surface area contributed by atoms with Crippen molar-refractivity contribution in [1.29, 1.82) is 0 Å². The zero-order valence-electron chi connectivity index (χ0n) is 7.25. The van der Waals surface area contributed by atoms with Gasteiger partial charge < -0.3 is 9.67 Å². The molecule has 2 rings (SSSR count). The summed E-state index contributed by atoms with van der Waals surface area (Å²) in [6.07, 6.45) is 1.69. The first kappa shape index (κ1) is 8.71. The number of aliphatic hydroxyl groups is 1. The summed E-state index contributed by atoms with van der Waals surface area (Å²) in [5, 5.41) is 20.2. The number of aliphatic hydroxyl groups excluding tert-OH is 1. The first-order valence-electron chi connectivity index (χ1n) is 4.06. The first-order chi connectivity index (χ1) is 6.72. The Bertz CT molecular complexity index is 490. The number of aromatic nitrogens is 1. The van der Waals surface area contributed by atoms with E-state index in [1.165, 1.54) is 12.1 Å². The highest BCUT2D eigenvalue weighted by Gasteiger charge is 2.07. The molecule has 72 valence electrons. The van der Waals surface area contributed by atoms with Crippen molar-refractivity contribution in [2.24, 2.45) is 0 Å². The molecule has 0 aliphatic carbocycles. The molecule has 0 amide bonds. The molecule has 5 nitrogen and oxygen atoms in total. The van der Waals surface area contributed by atoms with Crippen molar-refractivity contribution in [1.82, 2.24) is 4.57 Å². The molecule has 0 aliphatic rings. The van der Waals surface area contributed by atoms with Crippen LogP contribution in [0.25, 0.3) is 10.9 Å². The fourth-order valence-corrected chi connectivity index (χ4v) is 1.42. The zero-order chi connectivity index (χ0) is 10.1. The maximum Gasteiger partial charge on any atom is 0.270 e. The van der Waals surface area contributed by atoms with Crippen LogP contribution in [0.3, 0.4) is 0 Å². The molecule has 0 unspecified atom stereocenters. The standard InChI is InChI=1S/C9H8N2O3/c12-6-10-4-3-7-5-8(11(13)14)1-2-9(7)10/h1-5,12H,6H2. The monoisotopic (exact) mass is 192 g/mol. The van der Waals surface area contributed by atoms with Crippen LogP contribution in [0.1, 0.15) is 0 Å². The molecule has 0 spiro atoms. The minimum Gasteiger partial charge on any atom is -0.376 e. The fourth-order valence-electron chi connectivity index (χ4n) is 1.42. The second kappa shape index (κ2) is 3.12. The Labute approximate surface area is 79.3 Å². The van der Waals surface area contributed by atoms with Crippen LogP contribution in [-0.2, 0) is 6.73 Å². The highest BCUT2D eigenvalue weighted by atomic mass is 16.6. The van der Waals surface area contributed by atoms with E-state index in [4.69, 9.17) is 5.11 Å². The van der Waals surface area contributed by atoms with Crippen LogP contribution >= 0.6 is 0 Å². The first-order valence-corrected chi connectivity index (χ1v) is 4.06. The van der Waals surface area contributed by atoms with Gasteiger partial charge in [0.25, 0.3) is 5.69 Å². The second-order valence-corrected chi connectivity index (χ2v) is 2.93. The second-order valence-electron chi connectivity index (χ2n) is 2.93. The Morgan fingerprint density at radius 3 is 2.86 bits per heavy atom. The quantitative estimate of drug-likeness (QED) is 0.579. The number of nitrogens with zero attached hydrogens (tertiary/aromatic N) is 2. The van der Waals surface area contributed by atoms with Gasteiger partial charge in [-0.05, 0) is 12.1 Å². The molecule has 14 heavy (non-hydrogen) atoms. The lowest BCUT2D eigenvalue weighted by Gasteiger charge is -1.98. The average molecular weight is 192 g/mol. The number of hydrogen-bond donors (Lipinski definition) is 1. The van der Waals surface area contributed by atoms with Crippen molar-refractivity contribution in [3.63, 3.8) is 0 Å². The van der Waals surface area contributed by atoms with Crippen LogP contribution in [0.2, 0.25) is 0 Å². The van der Waals surface area contributed by atoms with Crippen LogP contribution in [0, 0.1) is 10.1 Å². The maximum atomic E-state index is 10.5. The van der Waals surface area contributed by atoms with Crippen LogP contribution in [0.15, 0.2) is 30.5 Å². The molecule has 0 fully saturated rings. The molecule has 0 saturated carbocycles. The minimum absolute atomic E-state index is 0.0631. The zero-order valence-corrected chi connectivity index (χ0v) is 7.25. The number of benzene rings is 1. The molecule has 0 bridgehead atoms. The topological polar surface area (TPSA) is 68.3 Å². The van der Waals surface area contributed by atoms with Crippen molar-refractivity contribution < 1.29 is 10.0 Å². The van der Waals surface area contributed by atoms with Crippen LogP contribution in [0.5, 0.6) is 0 Å². The van der Waals surface area contributed by atoms with E-state index >= 15 is 0 Å². The van der Waals surface area contributed by atoms with E-state index in [0.717, 1.165) is 10.9 Å². The van der Waals surface area contributed by atoms with Crippen molar-refractivity contribution >= 4 is 16.6 Å². The van der Waals surface area contributed by atoms with Crippen molar-refractivity contribution in [2.45, 2.75) is 6.73 Å². The van der Waals surface area contributed by atoms with Gasteiger partial charge >= 0.3 is 0 Å². The molecule has 0 saturated heterocycles. The lowest BCUT2D eigenvalue weighted by atomic mass is 10.2. The summed E-state index contributed by atoms with van der Waals surface area (Å²) >= 11 is 0. The van der Waals surface area contributed by atoms with E-state index in [1.807, 2.05) is 0 Å². The van der Waals surface area contributed by atoms with Crippen LogP contribution < -0.4 is 0 Å². The van der Waals surface area contributed by atoms with Gasteiger partial charge in [0, 0.05) is 23.7 Å². The summed E-state index contributed by atoms with van der Waals surface area (Å²) < 4.78 is 1.61. The van der Waals surface area contributed by atoms with Gasteiger partial charge in [-0.2, -0.15) is 0 Å². The summed E-state index contributed by atoms with van der Waals surface area (Å²) in [5.41, 5.74) is 0.853. The SMILES string of the molecule is O=[N+]([O-])c1ccc2c(ccn2CO)c1. The lowest BCUT2D eigenvalue weighted by molar-refractivity contribution is -0.384. The highest BCUT2D eigenvalue weighted by molar-refractivity contribution is 5.82. The Kier molecular flexibility index (Phi) is 1.94. The molecule has 1 N–H and O–H groups in total. The molecular formula is C9H8N2O3. The van der Waals surface area contributed by atoms with Crippen LogP contribution in [-0.4, -0.2) is 14.6 Å². The van der Waals surface area contributed by atoms with Gasteiger partial charge in [-0.25, -0.2) is 0 Å². The normalized spacial score (nSPS) is 10.6. The minimum atomic E-state index is -0.435. The Hall–Kier alpha value is -1.88. The van der Waals surface area contributed by atoms with E-state index in [9.17, 15) is 10.1 Å². The predicted molar refractivity (Wildman–Crippen MR) is 50.8 cm³/mol. The van der Waals surface area contributed by atoms with Gasteiger partial charge in [0.2, 0.25) is 0 Å². The predicted octanol–water partition coefficient (Wildman–Crippen LogP) is 1.50. The third-order valence-corrected chi connectivity index (χ3v) is 2.12. The maximum absolute atomic E-state index is 10.5. The van der Waals surface area contributed by atoms with Gasteiger partial charge in [-0.3, -0.25) is 10.1 Å². The summed E-state index contributed by atoms with van der Waals surface area (Å²) in [4.78, 5) is 10.0. The van der Waals surface area contributed by atoms with E-state index < -0.39 is 4.92 Å². The van der Waals surface area contributed by atoms with Crippen molar-refractivity contribution in [2.75, 3.05) is 0 Å². The number of fused-ring (bicyclic) bond motifs is 1. The van der Waals surface area contributed by atoms with Gasteiger partial charge in [0.15, 0.2) is 0 Å². The van der Waals surface area contributed by atoms with Crippen molar-refractivity contribution in [3.8, 4) is 0 Å². The van der Waals surface area contributed by atoms with Gasteiger partial charge in [-0.15, -0.1) is 0 Å². The molecule has 2 aromatic rings. The molecule has 0 aliphatic heterocycles. The Morgan fingerprint density at radius 1 is 1.43 bits per heavy atom. The van der Waals surface area contributed by atoms with Gasteiger partial charge in [0.1, 0.15) is 6.73 Å². The number of rotatable bonds is 2. The smallest absolute Gasteiger partial charge is 0.270 e. The summed E-state index contributed by atoms with van der Waals surface area (Å²) in [7, 11) is 0. The summed E-state index contributed by atoms with van der Waals surface area (Å²) in [6, 6.07) is 6.28. The molecule has 1 aromatic carbocycles. The molecule has 5 heteroatoms. The molecule has 0 atom stereocenters.